The van der Waals surface area contributed by atoms with Gasteiger partial charge in [0.2, 0.25) is 5.12 Å². The molecule has 0 N–H and O–H groups in total. The molecule has 1 rings (SSSR count). The van der Waals surface area contributed by atoms with Crippen molar-refractivity contribution in [1.82, 2.24) is 0 Å². The molecule has 0 bridgehead atoms. The van der Waals surface area contributed by atoms with Crippen LogP contribution in [0.25, 0.3) is 0 Å². The Hall–Kier alpha value is -0.810. The van der Waals surface area contributed by atoms with Crippen LogP contribution >= 0.6 is 12.6 Å². The predicted octanol–water partition coefficient (Wildman–Crippen LogP) is 1.16. The Kier molecular flexibility index (Phi) is 2.77. The Bertz CT molecular complexity index is 434. The summed E-state index contributed by atoms with van der Waals surface area (Å²) in [7, 11) is -3.25. The SMILES string of the molecule is CS(=O)(=O)c1cccc(C(=O)S)c1. The van der Waals surface area contributed by atoms with Crippen molar-refractivity contribution in [3.05, 3.63) is 29.8 Å². The molecule has 0 atom stereocenters. The second kappa shape index (κ2) is 3.51. The standard InChI is InChI=1S/C8H8O3S2/c1-13(10,11)7-4-2-3-6(5-7)8(9)12/h2-5H,1H3,(H,9,12). The third-order valence-electron chi connectivity index (χ3n) is 1.51. The van der Waals surface area contributed by atoms with E-state index in [1.807, 2.05) is 0 Å². The minimum atomic E-state index is -3.25. The summed E-state index contributed by atoms with van der Waals surface area (Å²) in [4.78, 5) is 10.9. The van der Waals surface area contributed by atoms with E-state index >= 15 is 0 Å². The lowest BCUT2D eigenvalue weighted by atomic mass is 10.2. The zero-order valence-corrected chi connectivity index (χ0v) is 8.60. The number of thiol groups is 1. The second-order valence-electron chi connectivity index (χ2n) is 2.61. The molecule has 0 heterocycles. The van der Waals surface area contributed by atoms with Gasteiger partial charge in [0.15, 0.2) is 9.84 Å². The van der Waals surface area contributed by atoms with Crippen LogP contribution in [0.15, 0.2) is 29.2 Å². The molecule has 0 aliphatic rings. The van der Waals surface area contributed by atoms with Crippen LogP contribution < -0.4 is 0 Å². The monoisotopic (exact) mass is 216 g/mol. The number of hydrogen-bond donors (Lipinski definition) is 1. The molecule has 13 heavy (non-hydrogen) atoms. The molecule has 0 aliphatic heterocycles. The van der Waals surface area contributed by atoms with E-state index in [9.17, 15) is 13.2 Å². The third kappa shape index (κ3) is 2.57. The van der Waals surface area contributed by atoms with Crippen molar-refractivity contribution in [3.8, 4) is 0 Å². The fraction of sp³-hybridized carbons (Fsp3) is 0.125. The van der Waals surface area contributed by atoms with E-state index in [1.165, 1.54) is 24.3 Å². The van der Waals surface area contributed by atoms with Gasteiger partial charge in [-0.1, -0.05) is 12.1 Å². The first-order valence-corrected chi connectivity index (χ1v) is 5.78. The molecule has 0 unspecified atom stereocenters. The van der Waals surface area contributed by atoms with E-state index in [1.54, 1.807) is 0 Å². The predicted molar refractivity (Wildman–Crippen MR) is 52.9 cm³/mol. The minimum absolute atomic E-state index is 0.132. The number of sulfone groups is 1. The van der Waals surface area contributed by atoms with Crippen LogP contribution in [0.1, 0.15) is 10.4 Å². The quantitative estimate of drug-likeness (QED) is 0.755. The number of benzene rings is 1. The number of carbonyl (C=O) groups excluding carboxylic acids is 1. The van der Waals surface area contributed by atoms with Gasteiger partial charge in [-0.25, -0.2) is 8.42 Å². The van der Waals surface area contributed by atoms with Gasteiger partial charge in [0.05, 0.1) is 4.90 Å². The van der Waals surface area contributed by atoms with Gasteiger partial charge in [-0.2, -0.15) is 0 Å². The molecule has 0 amide bonds. The molecule has 5 heteroatoms. The van der Waals surface area contributed by atoms with E-state index in [4.69, 9.17) is 0 Å². The molecule has 70 valence electrons. The third-order valence-corrected chi connectivity index (χ3v) is 2.88. The molecule has 0 fully saturated rings. The first kappa shape index (κ1) is 10.3. The first-order valence-electron chi connectivity index (χ1n) is 3.44. The smallest absolute Gasteiger partial charge is 0.216 e. The lowest BCUT2D eigenvalue weighted by Crippen LogP contribution is -1.99. The van der Waals surface area contributed by atoms with Crippen LogP contribution in [0.4, 0.5) is 0 Å². The van der Waals surface area contributed by atoms with Crippen LogP contribution in [0.2, 0.25) is 0 Å². The highest BCUT2D eigenvalue weighted by atomic mass is 32.2. The summed E-state index contributed by atoms with van der Waals surface area (Å²) in [6.45, 7) is 0. The number of carbonyl (C=O) groups is 1. The molecule has 0 saturated carbocycles. The maximum absolute atomic E-state index is 11.1. The van der Waals surface area contributed by atoms with Gasteiger partial charge in [-0.05, 0) is 12.1 Å². The van der Waals surface area contributed by atoms with Gasteiger partial charge in [0.1, 0.15) is 0 Å². The maximum Gasteiger partial charge on any atom is 0.216 e. The van der Waals surface area contributed by atoms with E-state index < -0.39 is 15.0 Å². The van der Waals surface area contributed by atoms with Crippen molar-refractivity contribution in [2.75, 3.05) is 6.26 Å². The molecule has 1 aromatic carbocycles. The van der Waals surface area contributed by atoms with Crippen LogP contribution in [0, 0.1) is 0 Å². The first-order chi connectivity index (χ1) is 5.91. The lowest BCUT2D eigenvalue weighted by Gasteiger charge is -1.99. The molecule has 1 aromatic rings. The van der Waals surface area contributed by atoms with Gasteiger partial charge >= 0.3 is 0 Å². The van der Waals surface area contributed by atoms with Crippen molar-refractivity contribution in [1.29, 1.82) is 0 Å². The lowest BCUT2D eigenvalue weighted by molar-refractivity contribution is 0.109. The molecule has 0 spiro atoms. The summed E-state index contributed by atoms with van der Waals surface area (Å²) in [6, 6.07) is 5.78. The highest BCUT2D eigenvalue weighted by Gasteiger charge is 2.08. The Morgan fingerprint density at radius 1 is 1.38 bits per heavy atom. The molecule has 3 nitrogen and oxygen atoms in total. The highest BCUT2D eigenvalue weighted by Crippen LogP contribution is 2.12. The summed E-state index contributed by atoms with van der Waals surface area (Å²) < 4.78 is 22.1. The van der Waals surface area contributed by atoms with Crippen LogP contribution in [-0.2, 0) is 9.84 Å². The Morgan fingerprint density at radius 2 is 2.00 bits per heavy atom. The minimum Gasteiger partial charge on any atom is -0.282 e. The van der Waals surface area contributed by atoms with E-state index in [0.717, 1.165) is 6.26 Å². The van der Waals surface area contributed by atoms with Gasteiger partial charge in [0.25, 0.3) is 0 Å². The fourth-order valence-electron chi connectivity index (χ4n) is 0.860. The van der Waals surface area contributed by atoms with Gasteiger partial charge in [-0.15, -0.1) is 12.6 Å². The Labute approximate surface area is 82.1 Å². The summed E-state index contributed by atoms with van der Waals surface area (Å²) in [5.74, 6) is 0. The maximum atomic E-state index is 11.1. The van der Waals surface area contributed by atoms with Gasteiger partial charge < -0.3 is 0 Å². The largest absolute Gasteiger partial charge is 0.282 e. The normalized spacial score (nSPS) is 11.2. The average Bonchev–Trinajstić information content (AvgIpc) is 2.03. The summed E-state index contributed by atoms with van der Waals surface area (Å²) >= 11 is 3.60. The van der Waals surface area contributed by atoms with Crippen molar-refractivity contribution in [2.45, 2.75) is 4.90 Å². The molecule has 0 aliphatic carbocycles. The number of rotatable bonds is 2. The highest BCUT2D eigenvalue weighted by molar-refractivity contribution is 7.97. The zero-order chi connectivity index (χ0) is 10.1. The molecule has 0 saturated heterocycles. The average molecular weight is 216 g/mol. The topological polar surface area (TPSA) is 51.2 Å². The Morgan fingerprint density at radius 3 is 2.46 bits per heavy atom. The second-order valence-corrected chi connectivity index (χ2v) is 5.03. The van der Waals surface area contributed by atoms with E-state index in [-0.39, 0.29) is 10.5 Å². The van der Waals surface area contributed by atoms with Crippen LogP contribution in [0.5, 0.6) is 0 Å². The molecule has 0 radical (unpaired) electrons. The molecular formula is C8H8O3S2. The van der Waals surface area contributed by atoms with Crippen molar-refractivity contribution >= 4 is 27.6 Å². The van der Waals surface area contributed by atoms with Crippen LogP contribution in [-0.4, -0.2) is 19.8 Å². The zero-order valence-electron chi connectivity index (χ0n) is 6.89. The van der Waals surface area contributed by atoms with E-state index in [0.29, 0.717) is 0 Å². The Balaban J connectivity index is 3.29. The summed E-state index contributed by atoms with van der Waals surface area (Å²) in [5.41, 5.74) is 0.284. The molecule has 0 aromatic heterocycles. The van der Waals surface area contributed by atoms with E-state index in [2.05, 4.69) is 12.6 Å². The summed E-state index contributed by atoms with van der Waals surface area (Å²) in [5, 5.41) is -0.439. The van der Waals surface area contributed by atoms with Crippen molar-refractivity contribution in [3.63, 3.8) is 0 Å². The molecular weight excluding hydrogens is 208 g/mol. The van der Waals surface area contributed by atoms with Crippen LogP contribution in [0.3, 0.4) is 0 Å². The number of hydrogen-bond acceptors (Lipinski definition) is 3. The van der Waals surface area contributed by atoms with Gasteiger partial charge in [-0.3, -0.25) is 4.79 Å². The van der Waals surface area contributed by atoms with Gasteiger partial charge in [0, 0.05) is 11.8 Å². The van der Waals surface area contributed by atoms with Crippen molar-refractivity contribution < 1.29 is 13.2 Å². The van der Waals surface area contributed by atoms with Crippen molar-refractivity contribution in [2.24, 2.45) is 0 Å². The fourth-order valence-corrected chi connectivity index (χ4v) is 1.67. The summed E-state index contributed by atoms with van der Waals surface area (Å²) in [6.07, 6.45) is 1.09.